The molecule has 156 valence electrons. The molecule has 7 nitrogen and oxygen atoms in total. The number of nitrogens with one attached hydrogen (secondary N) is 2. The summed E-state index contributed by atoms with van der Waals surface area (Å²) in [6.07, 6.45) is 4.87. The highest BCUT2D eigenvalue weighted by molar-refractivity contribution is 7.12. The molecule has 2 aliphatic rings. The summed E-state index contributed by atoms with van der Waals surface area (Å²) in [5.74, 6) is -1.09. The van der Waals surface area contributed by atoms with Gasteiger partial charge in [0, 0.05) is 24.7 Å². The second-order valence-corrected chi connectivity index (χ2v) is 8.47. The van der Waals surface area contributed by atoms with E-state index in [0.717, 1.165) is 32.1 Å². The summed E-state index contributed by atoms with van der Waals surface area (Å²) in [5, 5.41) is 7.30. The van der Waals surface area contributed by atoms with Crippen molar-refractivity contribution in [3.8, 4) is 0 Å². The van der Waals surface area contributed by atoms with Crippen LogP contribution in [-0.4, -0.2) is 47.7 Å². The molecule has 1 fully saturated rings. The average Bonchev–Trinajstić information content (AvgIpc) is 3.39. The van der Waals surface area contributed by atoms with E-state index in [1.54, 1.807) is 24.3 Å². The van der Waals surface area contributed by atoms with Crippen LogP contribution in [0, 0.1) is 0 Å². The number of carbonyl (C=O) groups excluding carboxylic acids is 4. The Labute approximate surface area is 178 Å². The number of benzene rings is 1. The normalized spacial score (nSPS) is 16.5. The van der Waals surface area contributed by atoms with E-state index < -0.39 is 0 Å². The molecule has 8 heteroatoms. The SMILES string of the molecule is O=C(NCCNC(=O)c1cccs1)c1ccc2c(c1)C(=O)N(C1CCCCC1)C2=O. The summed E-state index contributed by atoms with van der Waals surface area (Å²) in [5.41, 5.74) is 0.986. The zero-order valence-electron chi connectivity index (χ0n) is 16.5. The molecule has 4 rings (SSSR count). The lowest BCUT2D eigenvalue weighted by Gasteiger charge is -2.29. The number of amides is 4. The van der Waals surface area contributed by atoms with Gasteiger partial charge >= 0.3 is 0 Å². The summed E-state index contributed by atoms with van der Waals surface area (Å²) in [6, 6.07) is 8.11. The predicted octanol–water partition coefficient (Wildman–Crippen LogP) is 2.84. The fourth-order valence-electron chi connectivity index (χ4n) is 4.02. The summed E-state index contributed by atoms with van der Waals surface area (Å²) in [4.78, 5) is 51.9. The van der Waals surface area contributed by atoms with Gasteiger partial charge < -0.3 is 10.6 Å². The molecule has 0 spiro atoms. The zero-order valence-corrected chi connectivity index (χ0v) is 17.3. The lowest BCUT2D eigenvalue weighted by Crippen LogP contribution is -2.40. The number of nitrogens with zero attached hydrogens (tertiary/aromatic N) is 1. The maximum absolute atomic E-state index is 12.9. The van der Waals surface area contributed by atoms with Gasteiger partial charge in [-0.25, -0.2) is 0 Å². The van der Waals surface area contributed by atoms with Gasteiger partial charge in [0.25, 0.3) is 23.6 Å². The van der Waals surface area contributed by atoms with Crippen LogP contribution in [0.4, 0.5) is 0 Å². The number of rotatable bonds is 6. The third-order valence-electron chi connectivity index (χ3n) is 5.56. The summed E-state index contributed by atoms with van der Waals surface area (Å²) >= 11 is 1.35. The van der Waals surface area contributed by atoms with Crippen LogP contribution in [0.15, 0.2) is 35.7 Å². The number of hydrogen-bond donors (Lipinski definition) is 2. The summed E-state index contributed by atoms with van der Waals surface area (Å²) in [7, 11) is 0. The minimum atomic E-state index is -0.348. The highest BCUT2D eigenvalue weighted by Crippen LogP contribution is 2.31. The third kappa shape index (κ3) is 4.00. The molecule has 1 aliphatic heterocycles. The standard InChI is InChI=1S/C22H23N3O4S/c26-19(23-10-11-24-20(27)18-7-4-12-30-18)14-8-9-16-17(13-14)22(29)25(21(16)28)15-5-2-1-3-6-15/h4,7-9,12-13,15H,1-3,5-6,10-11H2,(H,23,26)(H,24,27). The van der Waals surface area contributed by atoms with E-state index in [1.165, 1.54) is 22.3 Å². The van der Waals surface area contributed by atoms with Gasteiger partial charge in [-0.05, 0) is 42.5 Å². The number of fused-ring (bicyclic) bond motifs is 1. The Morgan fingerprint density at radius 3 is 2.33 bits per heavy atom. The van der Waals surface area contributed by atoms with E-state index in [4.69, 9.17) is 0 Å². The van der Waals surface area contributed by atoms with E-state index in [2.05, 4.69) is 10.6 Å². The second kappa shape index (κ2) is 8.79. The Morgan fingerprint density at radius 2 is 1.63 bits per heavy atom. The van der Waals surface area contributed by atoms with Gasteiger partial charge in [0.2, 0.25) is 0 Å². The minimum absolute atomic E-state index is 0.0459. The first-order chi connectivity index (χ1) is 14.6. The van der Waals surface area contributed by atoms with Crippen molar-refractivity contribution in [2.24, 2.45) is 0 Å². The molecule has 2 N–H and O–H groups in total. The van der Waals surface area contributed by atoms with Crippen molar-refractivity contribution in [2.45, 2.75) is 38.1 Å². The number of thiophene rings is 1. The predicted molar refractivity (Wildman–Crippen MR) is 113 cm³/mol. The van der Waals surface area contributed by atoms with Crippen molar-refractivity contribution >= 4 is 35.0 Å². The second-order valence-electron chi connectivity index (χ2n) is 7.52. The smallest absolute Gasteiger partial charge is 0.261 e. The quantitative estimate of drug-likeness (QED) is 0.550. The highest BCUT2D eigenvalue weighted by Gasteiger charge is 2.40. The molecular formula is C22H23N3O4S. The van der Waals surface area contributed by atoms with Gasteiger partial charge in [0.05, 0.1) is 16.0 Å². The Kier molecular flexibility index (Phi) is 5.94. The van der Waals surface area contributed by atoms with Crippen molar-refractivity contribution in [3.63, 3.8) is 0 Å². The number of hydrogen-bond acceptors (Lipinski definition) is 5. The summed E-state index contributed by atoms with van der Waals surface area (Å²) in [6.45, 7) is 0.550. The molecule has 2 aromatic rings. The molecule has 0 unspecified atom stereocenters. The van der Waals surface area contributed by atoms with Crippen LogP contribution in [0.2, 0.25) is 0 Å². The minimum Gasteiger partial charge on any atom is -0.350 e. The van der Waals surface area contributed by atoms with Crippen LogP contribution in [0.1, 0.15) is 72.8 Å². The lowest BCUT2D eigenvalue weighted by molar-refractivity contribution is 0.0548. The topological polar surface area (TPSA) is 95.6 Å². The molecule has 30 heavy (non-hydrogen) atoms. The van der Waals surface area contributed by atoms with Crippen LogP contribution < -0.4 is 10.6 Å². The van der Waals surface area contributed by atoms with Crippen molar-refractivity contribution in [2.75, 3.05) is 13.1 Å². The monoisotopic (exact) mass is 425 g/mol. The van der Waals surface area contributed by atoms with Crippen molar-refractivity contribution in [1.29, 1.82) is 0 Å². The molecule has 2 heterocycles. The first-order valence-corrected chi connectivity index (χ1v) is 11.1. The maximum Gasteiger partial charge on any atom is 0.261 e. The molecular weight excluding hydrogens is 402 g/mol. The van der Waals surface area contributed by atoms with E-state index in [1.807, 2.05) is 5.38 Å². The number of carbonyl (C=O) groups is 4. The first-order valence-electron chi connectivity index (χ1n) is 10.2. The molecule has 0 saturated heterocycles. The van der Waals surface area contributed by atoms with Crippen molar-refractivity contribution in [3.05, 3.63) is 57.3 Å². The summed E-state index contributed by atoms with van der Waals surface area (Å²) < 4.78 is 0. The largest absolute Gasteiger partial charge is 0.350 e. The molecule has 1 aliphatic carbocycles. The van der Waals surface area contributed by atoms with Gasteiger partial charge in [0.15, 0.2) is 0 Å². The Bertz CT molecular complexity index is 980. The van der Waals surface area contributed by atoms with Crippen LogP contribution in [0.5, 0.6) is 0 Å². The lowest BCUT2D eigenvalue weighted by atomic mass is 9.94. The first kappa shape index (κ1) is 20.3. The molecule has 0 atom stereocenters. The van der Waals surface area contributed by atoms with Crippen molar-refractivity contribution < 1.29 is 19.2 Å². The maximum atomic E-state index is 12.9. The van der Waals surface area contributed by atoms with Crippen molar-refractivity contribution in [1.82, 2.24) is 15.5 Å². The fourth-order valence-corrected chi connectivity index (χ4v) is 4.66. The van der Waals surface area contributed by atoms with Gasteiger partial charge in [-0.1, -0.05) is 25.3 Å². The average molecular weight is 426 g/mol. The Morgan fingerprint density at radius 1 is 0.933 bits per heavy atom. The van der Waals surface area contributed by atoms with Gasteiger partial charge in [-0.2, -0.15) is 0 Å². The van der Waals surface area contributed by atoms with Gasteiger partial charge in [-0.15, -0.1) is 11.3 Å². The van der Waals surface area contributed by atoms with E-state index in [0.29, 0.717) is 28.1 Å². The van der Waals surface area contributed by atoms with E-state index >= 15 is 0 Å². The van der Waals surface area contributed by atoms with Gasteiger partial charge in [-0.3, -0.25) is 24.1 Å². The van der Waals surface area contributed by atoms with Gasteiger partial charge in [0.1, 0.15) is 0 Å². The number of imide groups is 1. The van der Waals surface area contributed by atoms with E-state index in [9.17, 15) is 19.2 Å². The van der Waals surface area contributed by atoms with Crippen LogP contribution in [0.25, 0.3) is 0 Å². The fraction of sp³-hybridized carbons (Fsp3) is 0.364. The zero-order chi connectivity index (χ0) is 21.1. The van der Waals surface area contributed by atoms with E-state index in [-0.39, 0.29) is 36.2 Å². The molecule has 1 aromatic heterocycles. The molecule has 0 radical (unpaired) electrons. The highest BCUT2D eigenvalue weighted by atomic mass is 32.1. The molecule has 0 bridgehead atoms. The molecule has 4 amide bonds. The van der Waals surface area contributed by atoms with Crippen LogP contribution in [0.3, 0.4) is 0 Å². The van der Waals surface area contributed by atoms with Crippen LogP contribution >= 0.6 is 11.3 Å². The molecule has 1 saturated carbocycles. The Balaban J connectivity index is 1.36. The third-order valence-corrected chi connectivity index (χ3v) is 6.43. The Hall–Kier alpha value is -3.00. The van der Waals surface area contributed by atoms with Crippen LogP contribution in [-0.2, 0) is 0 Å². The molecule has 1 aromatic carbocycles.